The Morgan fingerprint density at radius 1 is 0.750 bits per heavy atom. The summed E-state index contributed by atoms with van der Waals surface area (Å²) < 4.78 is 0. The SMILES string of the molecule is CC(C)C(C1CCCCC1)N(OC(C)C1CCCCC1)C(C)(C)C. The highest BCUT2D eigenvalue weighted by Gasteiger charge is 2.39. The second kappa shape index (κ2) is 9.03. The highest BCUT2D eigenvalue weighted by Crippen LogP contribution is 2.37. The maximum Gasteiger partial charge on any atom is 0.0793 e. The Morgan fingerprint density at radius 2 is 1.21 bits per heavy atom. The molecule has 2 aliphatic rings. The predicted octanol–water partition coefficient (Wildman–Crippen LogP) is 6.59. The average molecular weight is 338 g/mol. The molecule has 0 aromatic rings. The lowest BCUT2D eigenvalue weighted by atomic mass is 9.78. The number of hydroxylamine groups is 2. The van der Waals surface area contributed by atoms with E-state index in [0.717, 1.165) is 11.8 Å². The summed E-state index contributed by atoms with van der Waals surface area (Å²) in [4.78, 5) is 6.76. The monoisotopic (exact) mass is 337 g/mol. The van der Waals surface area contributed by atoms with E-state index in [4.69, 9.17) is 4.84 Å². The van der Waals surface area contributed by atoms with Gasteiger partial charge in [-0.15, -0.1) is 0 Å². The Morgan fingerprint density at radius 3 is 1.62 bits per heavy atom. The van der Waals surface area contributed by atoms with Gasteiger partial charge in [0.2, 0.25) is 0 Å². The molecule has 2 fully saturated rings. The van der Waals surface area contributed by atoms with Crippen LogP contribution in [-0.2, 0) is 4.84 Å². The molecule has 2 saturated carbocycles. The molecule has 24 heavy (non-hydrogen) atoms. The van der Waals surface area contributed by atoms with Gasteiger partial charge in [0.05, 0.1) is 6.10 Å². The molecule has 2 heteroatoms. The predicted molar refractivity (Wildman–Crippen MR) is 104 cm³/mol. The molecule has 2 nitrogen and oxygen atoms in total. The molecule has 2 unspecified atom stereocenters. The van der Waals surface area contributed by atoms with Crippen molar-refractivity contribution in [2.24, 2.45) is 17.8 Å². The van der Waals surface area contributed by atoms with E-state index in [1.54, 1.807) is 0 Å². The zero-order valence-electron chi connectivity index (χ0n) is 17.3. The molecule has 0 bridgehead atoms. The molecule has 0 aliphatic heterocycles. The van der Waals surface area contributed by atoms with Crippen LogP contribution in [0, 0.1) is 17.8 Å². The minimum Gasteiger partial charge on any atom is -0.295 e. The topological polar surface area (TPSA) is 12.5 Å². The first-order chi connectivity index (χ1) is 11.3. The third-order valence-corrected chi connectivity index (χ3v) is 6.34. The van der Waals surface area contributed by atoms with Crippen molar-refractivity contribution in [3.8, 4) is 0 Å². The number of nitrogens with zero attached hydrogens (tertiary/aromatic N) is 1. The zero-order valence-corrected chi connectivity index (χ0v) is 17.3. The van der Waals surface area contributed by atoms with Crippen molar-refractivity contribution in [2.45, 2.75) is 123 Å². The first-order valence-corrected chi connectivity index (χ1v) is 10.8. The second-order valence-corrected chi connectivity index (χ2v) is 9.84. The smallest absolute Gasteiger partial charge is 0.0793 e. The van der Waals surface area contributed by atoms with Gasteiger partial charge in [-0.05, 0) is 71.1 Å². The van der Waals surface area contributed by atoms with E-state index in [0.29, 0.717) is 18.1 Å². The van der Waals surface area contributed by atoms with Crippen LogP contribution < -0.4 is 0 Å². The normalized spacial score (nSPS) is 24.5. The molecular formula is C22H43NO. The molecule has 0 amide bonds. The summed E-state index contributed by atoms with van der Waals surface area (Å²) in [6, 6.07) is 0.552. The number of rotatable bonds is 6. The Labute approximate surface area is 151 Å². The van der Waals surface area contributed by atoms with Gasteiger partial charge in [0.1, 0.15) is 0 Å². The number of hydrogen-bond acceptors (Lipinski definition) is 2. The van der Waals surface area contributed by atoms with E-state index in [9.17, 15) is 0 Å². The first-order valence-electron chi connectivity index (χ1n) is 10.8. The summed E-state index contributed by atoms with van der Waals surface area (Å²) in [7, 11) is 0. The van der Waals surface area contributed by atoms with E-state index in [1.807, 2.05) is 0 Å². The molecule has 0 heterocycles. The van der Waals surface area contributed by atoms with Gasteiger partial charge in [-0.2, -0.15) is 5.06 Å². The van der Waals surface area contributed by atoms with Gasteiger partial charge in [0, 0.05) is 11.6 Å². The molecular weight excluding hydrogens is 294 g/mol. The van der Waals surface area contributed by atoms with Crippen molar-refractivity contribution in [1.82, 2.24) is 5.06 Å². The summed E-state index contributed by atoms with van der Waals surface area (Å²) in [5.41, 5.74) is 0.0648. The second-order valence-electron chi connectivity index (χ2n) is 9.84. The van der Waals surface area contributed by atoms with Gasteiger partial charge in [-0.25, -0.2) is 0 Å². The van der Waals surface area contributed by atoms with Crippen molar-refractivity contribution in [3.63, 3.8) is 0 Å². The number of hydrogen-bond donors (Lipinski definition) is 0. The Balaban J connectivity index is 2.12. The highest BCUT2D eigenvalue weighted by atomic mass is 16.7. The third-order valence-electron chi connectivity index (χ3n) is 6.34. The van der Waals surface area contributed by atoms with E-state index in [1.165, 1.54) is 64.2 Å². The maximum absolute atomic E-state index is 6.76. The molecule has 2 aliphatic carbocycles. The minimum atomic E-state index is 0.0648. The molecule has 0 radical (unpaired) electrons. The van der Waals surface area contributed by atoms with E-state index >= 15 is 0 Å². The molecule has 2 rings (SSSR count). The highest BCUT2D eigenvalue weighted by molar-refractivity contribution is 4.87. The molecule has 0 aromatic carbocycles. The van der Waals surface area contributed by atoms with Crippen LogP contribution in [0.25, 0.3) is 0 Å². The van der Waals surface area contributed by atoms with Gasteiger partial charge < -0.3 is 0 Å². The van der Waals surface area contributed by atoms with Crippen molar-refractivity contribution < 1.29 is 4.84 Å². The fraction of sp³-hybridized carbons (Fsp3) is 1.00. The summed E-state index contributed by atoms with van der Waals surface area (Å²) in [5, 5.41) is 2.44. The lowest BCUT2D eigenvalue weighted by Gasteiger charge is -2.48. The molecule has 0 N–H and O–H groups in total. The van der Waals surface area contributed by atoms with E-state index in [-0.39, 0.29) is 5.54 Å². The minimum absolute atomic E-state index is 0.0648. The molecule has 142 valence electrons. The molecule has 0 spiro atoms. The lowest BCUT2D eigenvalue weighted by molar-refractivity contribution is -0.287. The van der Waals surface area contributed by atoms with Crippen LogP contribution in [0.5, 0.6) is 0 Å². The van der Waals surface area contributed by atoms with Crippen LogP contribution >= 0.6 is 0 Å². The van der Waals surface area contributed by atoms with Crippen LogP contribution in [0.4, 0.5) is 0 Å². The summed E-state index contributed by atoms with van der Waals surface area (Å²) in [6.07, 6.45) is 14.3. The van der Waals surface area contributed by atoms with Crippen LogP contribution in [0.2, 0.25) is 0 Å². The quantitative estimate of drug-likeness (QED) is 0.507. The van der Waals surface area contributed by atoms with Gasteiger partial charge in [0.15, 0.2) is 0 Å². The van der Waals surface area contributed by atoms with Crippen molar-refractivity contribution in [2.75, 3.05) is 0 Å². The van der Waals surface area contributed by atoms with E-state index < -0.39 is 0 Å². The molecule has 2 atom stereocenters. The Kier molecular flexibility index (Phi) is 7.61. The largest absolute Gasteiger partial charge is 0.295 e. The summed E-state index contributed by atoms with van der Waals surface area (Å²) >= 11 is 0. The van der Waals surface area contributed by atoms with Crippen molar-refractivity contribution in [1.29, 1.82) is 0 Å². The van der Waals surface area contributed by atoms with Crippen molar-refractivity contribution in [3.05, 3.63) is 0 Å². The van der Waals surface area contributed by atoms with Crippen molar-refractivity contribution >= 4 is 0 Å². The van der Waals surface area contributed by atoms with Gasteiger partial charge in [-0.1, -0.05) is 52.4 Å². The van der Waals surface area contributed by atoms with Gasteiger partial charge >= 0.3 is 0 Å². The fourth-order valence-corrected chi connectivity index (χ4v) is 5.03. The lowest BCUT2D eigenvalue weighted by Crippen LogP contribution is -2.55. The van der Waals surface area contributed by atoms with Crippen LogP contribution in [-0.4, -0.2) is 22.7 Å². The van der Waals surface area contributed by atoms with Crippen LogP contribution in [0.1, 0.15) is 106 Å². The summed E-state index contributed by atoms with van der Waals surface area (Å²) in [5.74, 6) is 2.20. The van der Waals surface area contributed by atoms with Crippen LogP contribution in [0.3, 0.4) is 0 Å². The van der Waals surface area contributed by atoms with Crippen LogP contribution in [0.15, 0.2) is 0 Å². The fourth-order valence-electron chi connectivity index (χ4n) is 5.03. The molecule has 0 aromatic heterocycles. The standard InChI is InChI=1S/C22H43NO/c1-17(2)21(20-15-11-8-12-16-20)23(22(4,5)6)24-18(3)19-13-9-7-10-14-19/h17-21H,7-16H2,1-6H3. The van der Waals surface area contributed by atoms with E-state index in [2.05, 4.69) is 46.6 Å². The third kappa shape index (κ3) is 5.46. The van der Waals surface area contributed by atoms with Gasteiger partial charge in [-0.3, -0.25) is 4.84 Å². The maximum atomic E-state index is 6.76. The zero-order chi connectivity index (χ0) is 17.7. The summed E-state index contributed by atoms with van der Waals surface area (Å²) in [6.45, 7) is 14.1. The molecule has 0 saturated heterocycles. The van der Waals surface area contributed by atoms with Gasteiger partial charge in [0.25, 0.3) is 0 Å². The first kappa shape index (κ1) is 20.2. The average Bonchev–Trinajstić information content (AvgIpc) is 2.55. The Bertz CT molecular complexity index is 347. The Hall–Kier alpha value is -0.0800.